The lowest BCUT2D eigenvalue weighted by Gasteiger charge is -2.33. The molecule has 8 heteroatoms. The molecule has 170 valence electrons. The molecule has 2 aromatic carbocycles. The van der Waals surface area contributed by atoms with E-state index in [0.717, 1.165) is 12.2 Å². The van der Waals surface area contributed by atoms with Crippen molar-refractivity contribution in [3.05, 3.63) is 85.8 Å². The van der Waals surface area contributed by atoms with Crippen LogP contribution in [-0.2, 0) is 20.1 Å². The molecule has 2 aromatic heterocycles. The van der Waals surface area contributed by atoms with Crippen LogP contribution in [0.3, 0.4) is 0 Å². The number of hydrogen-bond donors (Lipinski definition) is 0. The highest BCUT2D eigenvalue weighted by molar-refractivity contribution is 5.77. The summed E-state index contributed by atoms with van der Waals surface area (Å²) in [4.78, 5) is 33.5. The van der Waals surface area contributed by atoms with Gasteiger partial charge >= 0.3 is 5.69 Å². The first-order chi connectivity index (χ1) is 15.7. The molecule has 0 aliphatic carbocycles. The Morgan fingerprint density at radius 3 is 2.45 bits per heavy atom. The van der Waals surface area contributed by atoms with Crippen LogP contribution in [0.15, 0.2) is 52.1 Å². The average Bonchev–Trinajstić information content (AvgIpc) is 3.17. The molecule has 0 fully saturated rings. The quantitative estimate of drug-likeness (QED) is 0.482. The van der Waals surface area contributed by atoms with E-state index in [0.29, 0.717) is 29.2 Å². The van der Waals surface area contributed by atoms with E-state index in [1.54, 1.807) is 19.2 Å². The van der Waals surface area contributed by atoms with Crippen LogP contribution in [0.5, 0.6) is 0 Å². The van der Waals surface area contributed by atoms with Gasteiger partial charge in [-0.2, -0.15) is 4.98 Å². The summed E-state index contributed by atoms with van der Waals surface area (Å²) >= 11 is 0. The average molecular weight is 448 g/mol. The van der Waals surface area contributed by atoms with Crippen LogP contribution in [0.1, 0.15) is 23.6 Å². The van der Waals surface area contributed by atoms with Gasteiger partial charge in [0.05, 0.1) is 6.54 Å². The topological polar surface area (TPSA) is 65.1 Å². The highest BCUT2D eigenvalue weighted by atomic mass is 19.1. The van der Waals surface area contributed by atoms with Gasteiger partial charge in [0.25, 0.3) is 5.56 Å². The zero-order valence-corrected chi connectivity index (χ0v) is 19.2. The normalized spacial score (nSPS) is 15.8. The van der Waals surface area contributed by atoms with Gasteiger partial charge in [0.2, 0.25) is 5.95 Å². The fourth-order valence-electron chi connectivity index (χ4n) is 4.53. The Bertz CT molecular complexity index is 1500. The number of fused-ring (bicyclic) bond motifs is 3. The molecule has 0 radical (unpaired) electrons. The van der Waals surface area contributed by atoms with Crippen LogP contribution in [0.2, 0.25) is 0 Å². The van der Waals surface area contributed by atoms with Gasteiger partial charge in [-0.1, -0.05) is 25.1 Å². The largest absolute Gasteiger partial charge is 0.332 e. The summed E-state index contributed by atoms with van der Waals surface area (Å²) in [6.45, 7) is 7.76. The van der Waals surface area contributed by atoms with Crippen molar-refractivity contribution in [3.8, 4) is 0 Å². The summed E-state index contributed by atoms with van der Waals surface area (Å²) < 4.78 is 17.9. The van der Waals surface area contributed by atoms with Crippen molar-refractivity contribution < 1.29 is 4.39 Å². The number of rotatable bonds is 3. The molecule has 1 aliphatic rings. The minimum Gasteiger partial charge on any atom is -0.312 e. The lowest BCUT2D eigenvalue weighted by Crippen LogP contribution is -2.40. The highest BCUT2D eigenvalue weighted by Crippen LogP contribution is 2.33. The SMILES string of the molecule is Cc1ccc(N2CC(C)Cn3c2nc2c3c(=O)n(Cc3ccc(F)cc3)c(=O)n2C)cc1C. The smallest absolute Gasteiger partial charge is 0.312 e. The summed E-state index contributed by atoms with van der Waals surface area (Å²) in [5.74, 6) is 0.580. The molecule has 1 unspecified atom stereocenters. The molecule has 0 spiro atoms. The van der Waals surface area contributed by atoms with Crippen LogP contribution >= 0.6 is 0 Å². The van der Waals surface area contributed by atoms with Gasteiger partial charge < -0.3 is 9.47 Å². The molecule has 4 aromatic rings. The van der Waals surface area contributed by atoms with E-state index >= 15 is 0 Å². The summed E-state index contributed by atoms with van der Waals surface area (Å²) in [6, 6.07) is 12.1. The Labute approximate surface area is 190 Å². The van der Waals surface area contributed by atoms with Crippen molar-refractivity contribution in [2.75, 3.05) is 11.4 Å². The third-order valence-corrected chi connectivity index (χ3v) is 6.50. The van der Waals surface area contributed by atoms with Crippen LogP contribution in [-0.4, -0.2) is 25.2 Å². The lowest BCUT2D eigenvalue weighted by molar-refractivity contribution is 0.458. The molecule has 0 saturated heterocycles. The van der Waals surface area contributed by atoms with E-state index in [-0.39, 0.29) is 23.8 Å². The Morgan fingerprint density at radius 2 is 1.76 bits per heavy atom. The van der Waals surface area contributed by atoms with E-state index in [9.17, 15) is 14.0 Å². The van der Waals surface area contributed by atoms with Gasteiger partial charge in [-0.05, 0) is 60.7 Å². The fraction of sp³-hybridized carbons (Fsp3) is 0.320. The van der Waals surface area contributed by atoms with E-state index in [2.05, 4.69) is 43.9 Å². The van der Waals surface area contributed by atoms with Crippen LogP contribution in [0.25, 0.3) is 11.2 Å². The molecular weight excluding hydrogens is 421 g/mol. The Hall–Kier alpha value is -3.68. The van der Waals surface area contributed by atoms with E-state index < -0.39 is 5.69 Å². The van der Waals surface area contributed by atoms with Crippen molar-refractivity contribution in [3.63, 3.8) is 0 Å². The van der Waals surface area contributed by atoms with Crippen molar-refractivity contribution in [1.82, 2.24) is 18.7 Å². The zero-order chi connectivity index (χ0) is 23.4. The summed E-state index contributed by atoms with van der Waals surface area (Å²) in [6.07, 6.45) is 0. The Kier molecular flexibility index (Phi) is 4.96. The zero-order valence-electron chi connectivity index (χ0n) is 19.2. The summed E-state index contributed by atoms with van der Waals surface area (Å²) in [5, 5.41) is 0. The van der Waals surface area contributed by atoms with Gasteiger partial charge in [-0.15, -0.1) is 0 Å². The first-order valence-electron chi connectivity index (χ1n) is 11.0. The summed E-state index contributed by atoms with van der Waals surface area (Å²) in [5.41, 5.74) is 4.04. The monoisotopic (exact) mass is 447 g/mol. The summed E-state index contributed by atoms with van der Waals surface area (Å²) in [7, 11) is 1.63. The van der Waals surface area contributed by atoms with Gasteiger partial charge in [0.15, 0.2) is 11.2 Å². The van der Waals surface area contributed by atoms with Crippen LogP contribution in [0.4, 0.5) is 16.0 Å². The van der Waals surface area contributed by atoms with E-state index in [1.807, 2.05) is 4.57 Å². The molecule has 0 saturated carbocycles. The number of imidazole rings is 1. The number of hydrogen-bond acceptors (Lipinski definition) is 4. The molecule has 1 atom stereocenters. The third kappa shape index (κ3) is 3.46. The molecule has 33 heavy (non-hydrogen) atoms. The maximum absolute atomic E-state index is 13.6. The minimum atomic E-state index is -0.446. The number of anilines is 2. The van der Waals surface area contributed by atoms with E-state index in [1.165, 1.54) is 32.4 Å². The van der Waals surface area contributed by atoms with Gasteiger partial charge in [-0.25, -0.2) is 9.18 Å². The number of halogens is 1. The molecule has 7 nitrogen and oxygen atoms in total. The van der Waals surface area contributed by atoms with Crippen molar-refractivity contribution >= 4 is 22.8 Å². The molecule has 0 amide bonds. The second-order valence-electron chi connectivity index (χ2n) is 9.04. The number of aryl methyl sites for hydroxylation is 3. The second kappa shape index (κ2) is 7.72. The van der Waals surface area contributed by atoms with Crippen LogP contribution < -0.4 is 16.1 Å². The standard InChI is InChI=1S/C25H26FN5O2/c1-15-12-29(20-10-5-16(2)17(3)11-20)24-27-22-21(30(24)13-15)23(32)31(25(33)28(22)4)14-18-6-8-19(26)9-7-18/h5-11,15H,12-14H2,1-4H3. The maximum Gasteiger partial charge on any atom is 0.332 e. The molecule has 5 rings (SSSR count). The number of benzene rings is 2. The van der Waals surface area contributed by atoms with Crippen molar-refractivity contribution in [2.45, 2.75) is 33.9 Å². The minimum absolute atomic E-state index is 0.0681. The molecule has 3 heterocycles. The molecular formula is C25H26FN5O2. The second-order valence-corrected chi connectivity index (χ2v) is 9.04. The predicted octanol–water partition coefficient (Wildman–Crippen LogP) is 3.49. The van der Waals surface area contributed by atoms with Gasteiger partial charge in [0, 0.05) is 25.8 Å². The van der Waals surface area contributed by atoms with Crippen LogP contribution in [0, 0.1) is 25.6 Å². The molecule has 0 N–H and O–H groups in total. The Morgan fingerprint density at radius 1 is 1.03 bits per heavy atom. The highest BCUT2D eigenvalue weighted by Gasteiger charge is 2.30. The predicted molar refractivity (Wildman–Crippen MR) is 127 cm³/mol. The number of nitrogens with zero attached hydrogens (tertiary/aromatic N) is 5. The maximum atomic E-state index is 13.6. The number of aromatic nitrogens is 4. The first-order valence-corrected chi connectivity index (χ1v) is 11.0. The fourth-order valence-corrected chi connectivity index (χ4v) is 4.53. The van der Waals surface area contributed by atoms with Crippen molar-refractivity contribution in [2.24, 2.45) is 13.0 Å². The van der Waals surface area contributed by atoms with E-state index in [4.69, 9.17) is 4.98 Å². The van der Waals surface area contributed by atoms with Crippen molar-refractivity contribution in [1.29, 1.82) is 0 Å². The van der Waals surface area contributed by atoms with Gasteiger partial charge in [-0.3, -0.25) is 13.9 Å². The molecule has 0 bridgehead atoms. The lowest BCUT2D eigenvalue weighted by atomic mass is 10.1. The third-order valence-electron chi connectivity index (χ3n) is 6.50. The Balaban J connectivity index is 1.71. The first kappa shape index (κ1) is 21.2. The van der Waals surface area contributed by atoms with Gasteiger partial charge in [0.1, 0.15) is 5.82 Å². The molecule has 1 aliphatic heterocycles.